The van der Waals surface area contributed by atoms with Gasteiger partial charge in [0.2, 0.25) is 5.88 Å². The van der Waals surface area contributed by atoms with E-state index in [-0.39, 0.29) is 0 Å². The molecule has 0 aliphatic rings. The summed E-state index contributed by atoms with van der Waals surface area (Å²) in [6.45, 7) is 14.6. The number of pyridine rings is 1. The van der Waals surface area contributed by atoms with Gasteiger partial charge in [-0.15, -0.1) is 0 Å². The summed E-state index contributed by atoms with van der Waals surface area (Å²) in [6.07, 6.45) is 3.04. The monoisotopic (exact) mass is 293 g/mol. The second kappa shape index (κ2) is 9.74. The van der Waals surface area contributed by atoms with Gasteiger partial charge in [-0.2, -0.15) is 0 Å². The highest BCUT2D eigenvalue weighted by atomic mass is 16.5. The second-order valence-corrected chi connectivity index (χ2v) is 5.96. The number of aromatic nitrogens is 1. The number of nitrogens with one attached hydrogen (secondary N) is 1. The van der Waals surface area contributed by atoms with E-state index in [1.165, 1.54) is 5.56 Å². The van der Waals surface area contributed by atoms with Crippen molar-refractivity contribution in [3.63, 3.8) is 0 Å². The third-order valence-corrected chi connectivity index (χ3v) is 3.48. The van der Waals surface area contributed by atoms with Crippen LogP contribution in [0.5, 0.6) is 5.88 Å². The summed E-state index contributed by atoms with van der Waals surface area (Å²) in [5.74, 6) is 0.710. The van der Waals surface area contributed by atoms with Crippen molar-refractivity contribution >= 4 is 0 Å². The van der Waals surface area contributed by atoms with Crippen molar-refractivity contribution in [3.8, 4) is 5.88 Å². The smallest absolute Gasteiger partial charge is 0.213 e. The zero-order valence-electron chi connectivity index (χ0n) is 14.2. The highest BCUT2D eigenvalue weighted by Crippen LogP contribution is 2.09. The fraction of sp³-hybridized carbons (Fsp3) is 0.706. The van der Waals surface area contributed by atoms with Gasteiger partial charge in [0.15, 0.2) is 0 Å². The van der Waals surface area contributed by atoms with Gasteiger partial charge in [-0.3, -0.25) is 4.90 Å². The largest absolute Gasteiger partial charge is 0.476 e. The van der Waals surface area contributed by atoms with Crippen LogP contribution in [0.15, 0.2) is 18.3 Å². The Morgan fingerprint density at radius 3 is 2.43 bits per heavy atom. The molecule has 0 aliphatic carbocycles. The van der Waals surface area contributed by atoms with E-state index >= 15 is 0 Å². The molecular formula is C17H31N3O. The molecule has 0 saturated carbocycles. The van der Waals surface area contributed by atoms with Crippen LogP contribution in [-0.2, 0) is 6.54 Å². The Hall–Kier alpha value is -1.13. The molecule has 0 amide bonds. The zero-order chi connectivity index (χ0) is 15.7. The van der Waals surface area contributed by atoms with E-state index in [1.54, 1.807) is 0 Å². The van der Waals surface area contributed by atoms with Gasteiger partial charge in [0.25, 0.3) is 0 Å². The third kappa shape index (κ3) is 6.91. The molecule has 1 rings (SSSR count). The SMILES string of the molecule is CCCNCc1ccc(OCCN(C(C)C)C(C)C)nc1. The van der Waals surface area contributed by atoms with E-state index in [2.05, 4.69) is 55.9 Å². The Balaban J connectivity index is 2.35. The van der Waals surface area contributed by atoms with Crippen LogP contribution in [0.3, 0.4) is 0 Å². The molecule has 4 heteroatoms. The molecule has 0 radical (unpaired) electrons. The first kappa shape index (κ1) is 17.9. The van der Waals surface area contributed by atoms with Crippen LogP contribution in [0, 0.1) is 0 Å². The molecule has 0 aliphatic heterocycles. The van der Waals surface area contributed by atoms with Crippen molar-refractivity contribution in [3.05, 3.63) is 23.9 Å². The average molecular weight is 293 g/mol. The van der Waals surface area contributed by atoms with Crippen molar-refractivity contribution < 1.29 is 4.74 Å². The standard InChI is InChI=1S/C17H31N3O/c1-6-9-18-12-16-7-8-17(19-13-16)21-11-10-20(14(2)3)15(4)5/h7-8,13-15,18H,6,9-12H2,1-5H3. The van der Waals surface area contributed by atoms with E-state index in [0.29, 0.717) is 24.6 Å². The van der Waals surface area contributed by atoms with E-state index < -0.39 is 0 Å². The lowest BCUT2D eigenvalue weighted by Gasteiger charge is -2.30. The summed E-state index contributed by atoms with van der Waals surface area (Å²) in [7, 11) is 0. The number of ether oxygens (including phenoxy) is 1. The lowest BCUT2D eigenvalue weighted by molar-refractivity contribution is 0.140. The molecule has 0 saturated heterocycles. The summed E-state index contributed by atoms with van der Waals surface area (Å²) in [5.41, 5.74) is 1.20. The fourth-order valence-electron chi connectivity index (χ4n) is 2.38. The van der Waals surface area contributed by atoms with Gasteiger partial charge in [0.1, 0.15) is 6.61 Å². The predicted octanol–water partition coefficient (Wildman–Crippen LogP) is 3.08. The maximum absolute atomic E-state index is 5.74. The van der Waals surface area contributed by atoms with E-state index in [1.807, 2.05) is 12.3 Å². The molecule has 21 heavy (non-hydrogen) atoms. The highest BCUT2D eigenvalue weighted by Gasteiger charge is 2.12. The molecule has 1 aromatic heterocycles. The molecule has 0 unspecified atom stereocenters. The summed E-state index contributed by atoms with van der Waals surface area (Å²) < 4.78 is 5.74. The molecule has 4 nitrogen and oxygen atoms in total. The van der Waals surface area contributed by atoms with Crippen molar-refractivity contribution in [2.24, 2.45) is 0 Å². The van der Waals surface area contributed by atoms with Crippen LogP contribution < -0.4 is 10.1 Å². The second-order valence-electron chi connectivity index (χ2n) is 5.96. The Morgan fingerprint density at radius 1 is 1.19 bits per heavy atom. The summed E-state index contributed by atoms with van der Waals surface area (Å²) in [4.78, 5) is 6.78. The highest BCUT2D eigenvalue weighted by molar-refractivity contribution is 5.17. The van der Waals surface area contributed by atoms with Crippen molar-refractivity contribution in [2.45, 2.75) is 59.7 Å². The van der Waals surface area contributed by atoms with Crippen LogP contribution in [-0.4, -0.2) is 41.7 Å². The van der Waals surface area contributed by atoms with Crippen molar-refractivity contribution in [2.75, 3.05) is 19.7 Å². The Labute approximate surface area is 129 Å². The lowest BCUT2D eigenvalue weighted by atomic mass is 10.2. The molecule has 0 atom stereocenters. The van der Waals surface area contributed by atoms with E-state index in [0.717, 1.165) is 26.1 Å². The molecule has 1 aromatic rings. The normalized spacial score (nSPS) is 11.6. The molecule has 0 fully saturated rings. The minimum atomic E-state index is 0.536. The van der Waals surface area contributed by atoms with E-state index in [9.17, 15) is 0 Å². The third-order valence-electron chi connectivity index (χ3n) is 3.48. The quantitative estimate of drug-likeness (QED) is 0.673. The van der Waals surface area contributed by atoms with Gasteiger partial charge in [0.05, 0.1) is 0 Å². The zero-order valence-corrected chi connectivity index (χ0v) is 14.2. The Bertz CT molecular complexity index is 368. The van der Waals surface area contributed by atoms with Crippen molar-refractivity contribution in [1.82, 2.24) is 15.2 Å². The van der Waals surface area contributed by atoms with Gasteiger partial charge < -0.3 is 10.1 Å². The average Bonchev–Trinajstić information content (AvgIpc) is 2.44. The molecule has 120 valence electrons. The fourth-order valence-corrected chi connectivity index (χ4v) is 2.38. The number of rotatable bonds is 10. The first-order valence-corrected chi connectivity index (χ1v) is 8.08. The number of hydrogen-bond donors (Lipinski definition) is 1. The maximum atomic E-state index is 5.74. The van der Waals surface area contributed by atoms with Crippen LogP contribution in [0.4, 0.5) is 0 Å². The van der Waals surface area contributed by atoms with Crippen LogP contribution in [0.2, 0.25) is 0 Å². The van der Waals surface area contributed by atoms with Crippen LogP contribution in [0.1, 0.15) is 46.6 Å². The lowest BCUT2D eigenvalue weighted by Crippen LogP contribution is -2.39. The van der Waals surface area contributed by atoms with Gasteiger partial charge in [-0.05, 0) is 46.2 Å². The predicted molar refractivity (Wildman–Crippen MR) is 88.7 cm³/mol. The molecule has 1 N–H and O–H groups in total. The van der Waals surface area contributed by atoms with Crippen LogP contribution in [0.25, 0.3) is 0 Å². The topological polar surface area (TPSA) is 37.4 Å². The Morgan fingerprint density at radius 2 is 1.90 bits per heavy atom. The maximum Gasteiger partial charge on any atom is 0.213 e. The van der Waals surface area contributed by atoms with Gasteiger partial charge >= 0.3 is 0 Å². The molecule has 0 bridgehead atoms. The first-order chi connectivity index (χ1) is 10.0. The molecule has 0 aromatic carbocycles. The van der Waals surface area contributed by atoms with Crippen molar-refractivity contribution in [1.29, 1.82) is 0 Å². The molecule has 1 heterocycles. The number of hydrogen-bond acceptors (Lipinski definition) is 4. The summed E-state index contributed by atoms with van der Waals surface area (Å²) in [5, 5.41) is 3.37. The van der Waals surface area contributed by atoms with Gasteiger partial charge in [-0.25, -0.2) is 4.98 Å². The number of nitrogens with zero attached hydrogens (tertiary/aromatic N) is 2. The van der Waals surface area contributed by atoms with Gasteiger partial charge in [-0.1, -0.05) is 13.0 Å². The first-order valence-electron chi connectivity index (χ1n) is 8.08. The minimum Gasteiger partial charge on any atom is -0.476 e. The molecule has 0 spiro atoms. The van der Waals surface area contributed by atoms with Gasteiger partial charge in [0, 0.05) is 37.4 Å². The summed E-state index contributed by atoms with van der Waals surface area (Å²) in [6, 6.07) is 5.10. The van der Waals surface area contributed by atoms with Crippen LogP contribution >= 0.6 is 0 Å². The minimum absolute atomic E-state index is 0.536. The summed E-state index contributed by atoms with van der Waals surface area (Å²) >= 11 is 0. The van der Waals surface area contributed by atoms with E-state index in [4.69, 9.17) is 4.74 Å². The Kier molecular flexibility index (Phi) is 8.31. The molecular weight excluding hydrogens is 262 g/mol.